The average Bonchev–Trinajstić information content (AvgIpc) is 3.40. The summed E-state index contributed by atoms with van der Waals surface area (Å²) in [6.45, 7) is 6.24. The van der Waals surface area contributed by atoms with Gasteiger partial charge >= 0.3 is 0 Å². The molecule has 0 unspecified atom stereocenters. The fourth-order valence-corrected chi connectivity index (χ4v) is 6.77. The lowest BCUT2D eigenvalue weighted by Crippen LogP contribution is -2.51. The van der Waals surface area contributed by atoms with Gasteiger partial charge in [0.05, 0.1) is 23.6 Å². The van der Waals surface area contributed by atoms with Crippen molar-refractivity contribution in [2.45, 2.75) is 50.7 Å². The number of nitrogens with zero attached hydrogens (tertiary/aromatic N) is 2. The van der Waals surface area contributed by atoms with Crippen molar-refractivity contribution in [1.29, 1.82) is 0 Å². The van der Waals surface area contributed by atoms with E-state index in [0.29, 0.717) is 42.0 Å². The van der Waals surface area contributed by atoms with E-state index in [-0.39, 0.29) is 29.8 Å². The Kier molecular flexibility index (Phi) is 9.18. The van der Waals surface area contributed by atoms with E-state index >= 15 is 0 Å². The predicted octanol–water partition coefficient (Wildman–Crippen LogP) is 3.90. The standard InChI is InChI=1S/C31H39N3O5S/c1-21(2)19-34(40(37,38)25-13-14-30-24(18-25)15-16-39-30)20-29(35)28(17-23-9-6-5-7-10-23)33(4)31(36)26-11-8-12-27(32)22(26)3/h5-14,18,21,28-29,35H,15-17,19-20,32H2,1-4H3/t28-,29+/m0/s1. The molecule has 3 N–H and O–H groups in total. The van der Waals surface area contributed by atoms with Crippen LogP contribution in [0, 0.1) is 12.8 Å². The Morgan fingerprint density at radius 2 is 1.77 bits per heavy atom. The van der Waals surface area contributed by atoms with Crippen molar-refractivity contribution in [3.8, 4) is 5.75 Å². The van der Waals surface area contributed by atoms with Gasteiger partial charge in [-0.25, -0.2) is 8.42 Å². The van der Waals surface area contributed by atoms with E-state index < -0.39 is 22.2 Å². The van der Waals surface area contributed by atoms with Gasteiger partial charge in [0.25, 0.3) is 5.91 Å². The van der Waals surface area contributed by atoms with Crippen LogP contribution < -0.4 is 10.5 Å². The van der Waals surface area contributed by atoms with Crippen molar-refractivity contribution in [3.05, 3.63) is 89.0 Å². The Bertz CT molecular complexity index is 1440. The van der Waals surface area contributed by atoms with E-state index in [1.165, 1.54) is 9.21 Å². The molecular formula is C31H39N3O5S. The van der Waals surface area contributed by atoms with E-state index in [2.05, 4.69) is 0 Å². The smallest absolute Gasteiger partial charge is 0.254 e. The summed E-state index contributed by atoms with van der Waals surface area (Å²) in [6, 6.07) is 18.9. The van der Waals surface area contributed by atoms with Gasteiger partial charge in [0.2, 0.25) is 10.0 Å². The summed E-state index contributed by atoms with van der Waals surface area (Å²) in [5.41, 5.74) is 9.46. The van der Waals surface area contributed by atoms with Gasteiger partial charge in [-0.1, -0.05) is 50.2 Å². The normalized spacial score (nSPS) is 14.6. The summed E-state index contributed by atoms with van der Waals surface area (Å²) in [7, 11) is -2.29. The number of amides is 1. The number of likely N-dealkylation sites (N-methyl/N-ethyl adjacent to an activating group) is 1. The number of fused-ring (bicyclic) bond motifs is 1. The number of hydrogen-bond donors (Lipinski definition) is 2. The van der Waals surface area contributed by atoms with E-state index in [0.717, 1.165) is 11.1 Å². The van der Waals surface area contributed by atoms with Crippen LogP contribution in [-0.4, -0.2) is 67.5 Å². The summed E-state index contributed by atoms with van der Waals surface area (Å²) in [6.07, 6.45) is -0.167. The van der Waals surface area contributed by atoms with Gasteiger partial charge in [-0.3, -0.25) is 4.79 Å². The Labute approximate surface area is 237 Å². The molecule has 0 radical (unpaired) electrons. The van der Waals surface area contributed by atoms with E-state index in [9.17, 15) is 18.3 Å². The van der Waals surface area contributed by atoms with Crippen LogP contribution in [0.4, 0.5) is 5.69 Å². The summed E-state index contributed by atoms with van der Waals surface area (Å²) in [4.78, 5) is 15.3. The highest BCUT2D eigenvalue weighted by Crippen LogP contribution is 2.30. The second kappa shape index (κ2) is 12.4. The molecule has 1 aliphatic heterocycles. The third kappa shape index (κ3) is 6.49. The molecule has 40 heavy (non-hydrogen) atoms. The van der Waals surface area contributed by atoms with Crippen LogP contribution in [0.25, 0.3) is 0 Å². The molecule has 0 bridgehead atoms. The van der Waals surface area contributed by atoms with Crippen LogP contribution in [0.1, 0.15) is 40.9 Å². The Balaban J connectivity index is 1.66. The molecule has 0 spiro atoms. The number of nitrogen functional groups attached to an aromatic ring is 1. The van der Waals surface area contributed by atoms with E-state index in [4.69, 9.17) is 10.5 Å². The first kappa shape index (κ1) is 29.6. The SMILES string of the molecule is Cc1c(N)cccc1C(=O)N(C)[C@@H](Cc1ccccc1)[C@H](O)CN(CC(C)C)S(=O)(=O)c1ccc2c(c1)CCO2. The fraction of sp³-hybridized carbons (Fsp3) is 0.387. The number of nitrogens with two attached hydrogens (primary N) is 1. The third-order valence-corrected chi connectivity index (χ3v) is 9.24. The van der Waals surface area contributed by atoms with Crippen molar-refractivity contribution >= 4 is 21.6 Å². The predicted molar refractivity (Wildman–Crippen MR) is 157 cm³/mol. The van der Waals surface area contributed by atoms with Crippen LogP contribution in [0.2, 0.25) is 0 Å². The number of ether oxygens (including phenoxy) is 1. The second-order valence-electron chi connectivity index (χ2n) is 10.8. The van der Waals surface area contributed by atoms with Gasteiger partial charge in [0.15, 0.2) is 0 Å². The minimum absolute atomic E-state index is 0.0154. The molecule has 214 valence electrons. The maximum atomic E-state index is 13.9. The molecule has 0 aliphatic carbocycles. The minimum Gasteiger partial charge on any atom is -0.493 e. The van der Waals surface area contributed by atoms with E-state index in [1.807, 2.05) is 44.2 Å². The summed E-state index contributed by atoms with van der Waals surface area (Å²) in [5, 5.41) is 11.7. The minimum atomic E-state index is -3.93. The Hall–Kier alpha value is -3.40. The van der Waals surface area contributed by atoms with Crippen LogP contribution in [-0.2, 0) is 22.9 Å². The Morgan fingerprint density at radius 1 is 1.05 bits per heavy atom. The van der Waals surface area contributed by atoms with Crippen molar-refractivity contribution < 1.29 is 23.1 Å². The van der Waals surface area contributed by atoms with Crippen molar-refractivity contribution in [3.63, 3.8) is 0 Å². The quantitative estimate of drug-likeness (QED) is 0.341. The largest absolute Gasteiger partial charge is 0.493 e. The zero-order valence-electron chi connectivity index (χ0n) is 23.6. The van der Waals surface area contributed by atoms with Crippen LogP contribution in [0.15, 0.2) is 71.6 Å². The number of benzene rings is 3. The first-order valence-electron chi connectivity index (χ1n) is 13.6. The Morgan fingerprint density at radius 3 is 2.48 bits per heavy atom. The van der Waals surface area contributed by atoms with E-state index in [1.54, 1.807) is 50.4 Å². The topological polar surface area (TPSA) is 113 Å². The highest BCUT2D eigenvalue weighted by atomic mass is 32.2. The fourth-order valence-electron chi connectivity index (χ4n) is 5.09. The average molecular weight is 566 g/mol. The first-order valence-corrected chi connectivity index (χ1v) is 15.0. The molecule has 0 saturated heterocycles. The van der Waals surface area contributed by atoms with Gasteiger partial charge in [-0.2, -0.15) is 4.31 Å². The van der Waals surface area contributed by atoms with Gasteiger partial charge in [-0.15, -0.1) is 0 Å². The molecule has 1 aliphatic rings. The molecule has 8 nitrogen and oxygen atoms in total. The molecule has 2 atom stereocenters. The van der Waals surface area contributed by atoms with Gasteiger partial charge in [-0.05, 0) is 66.3 Å². The number of carbonyl (C=O) groups is 1. The first-order chi connectivity index (χ1) is 19.0. The number of hydrogen-bond acceptors (Lipinski definition) is 6. The molecule has 1 amide bonds. The highest BCUT2D eigenvalue weighted by molar-refractivity contribution is 7.89. The number of rotatable bonds is 11. The summed E-state index contributed by atoms with van der Waals surface area (Å²) >= 11 is 0. The number of sulfonamides is 1. The lowest BCUT2D eigenvalue weighted by atomic mass is 9.98. The van der Waals surface area contributed by atoms with Crippen molar-refractivity contribution in [2.24, 2.45) is 5.92 Å². The van der Waals surface area contributed by atoms with Crippen LogP contribution >= 0.6 is 0 Å². The molecule has 0 saturated carbocycles. The number of aliphatic hydroxyl groups is 1. The monoisotopic (exact) mass is 565 g/mol. The lowest BCUT2D eigenvalue weighted by molar-refractivity contribution is 0.0370. The molecule has 1 heterocycles. The van der Waals surface area contributed by atoms with Crippen molar-refractivity contribution in [2.75, 3.05) is 32.5 Å². The maximum absolute atomic E-state index is 13.9. The van der Waals surface area contributed by atoms with Crippen LogP contribution in [0.5, 0.6) is 5.75 Å². The zero-order valence-corrected chi connectivity index (χ0v) is 24.4. The molecule has 9 heteroatoms. The molecule has 0 fully saturated rings. The highest BCUT2D eigenvalue weighted by Gasteiger charge is 2.34. The number of anilines is 1. The number of aliphatic hydroxyl groups excluding tert-OH is 1. The molecule has 4 rings (SSSR count). The second-order valence-corrected chi connectivity index (χ2v) is 12.8. The molecule has 3 aromatic rings. The third-order valence-electron chi connectivity index (χ3n) is 7.41. The van der Waals surface area contributed by atoms with Gasteiger partial charge in [0.1, 0.15) is 5.75 Å². The van der Waals surface area contributed by atoms with Gasteiger partial charge in [0, 0.05) is 37.8 Å². The van der Waals surface area contributed by atoms with Crippen LogP contribution in [0.3, 0.4) is 0 Å². The molecule has 0 aromatic heterocycles. The molecule has 3 aromatic carbocycles. The van der Waals surface area contributed by atoms with Gasteiger partial charge < -0.3 is 20.5 Å². The maximum Gasteiger partial charge on any atom is 0.254 e. The molecular weight excluding hydrogens is 526 g/mol. The summed E-state index contributed by atoms with van der Waals surface area (Å²) < 4.78 is 34.6. The zero-order chi connectivity index (χ0) is 29.0. The lowest BCUT2D eigenvalue weighted by Gasteiger charge is -2.35. The summed E-state index contributed by atoms with van der Waals surface area (Å²) in [5.74, 6) is 0.428. The van der Waals surface area contributed by atoms with Crippen molar-refractivity contribution in [1.82, 2.24) is 9.21 Å². The number of carbonyl (C=O) groups excluding carboxylic acids is 1.